The molecule has 2 aromatic rings. The van der Waals surface area contributed by atoms with E-state index >= 15 is 0 Å². The number of aliphatic carboxylic acids is 2. The average molecular weight is 473 g/mol. The van der Waals surface area contributed by atoms with Gasteiger partial charge in [0.25, 0.3) is 0 Å². The monoisotopic (exact) mass is 472 g/mol. The van der Waals surface area contributed by atoms with Crippen molar-refractivity contribution in [3.63, 3.8) is 0 Å². The van der Waals surface area contributed by atoms with E-state index in [-0.39, 0.29) is 0 Å². The van der Waals surface area contributed by atoms with Gasteiger partial charge in [-0.25, -0.2) is 14.6 Å². The second-order valence-corrected chi connectivity index (χ2v) is 9.44. The van der Waals surface area contributed by atoms with Gasteiger partial charge < -0.3 is 14.8 Å². The summed E-state index contributed by atoms with van der Waals surface area (Å²) in [5.41, 5.74) is 1.34. The van der Waals surface area contributed by atoms with Crippen LogP contribution in [-0.4, -0.2) is 48.5 Å². The van der Waals surface area contributed by atoms with Gasteiger partial charge in [-0.3, -0.25) is 0 Å². The van der Waals surface area contributed by atoms with E-state index in [9.17, 15) is 0 Å². The van der Waals surface area contributed by atoms with Crippen molar-refractivity contribution in [3.8, 4) is 0 Å². The molecule has 30 heavy (non-hydrogen) atoms. The van der Waals surface area contributed by atoms with Crippen molar-refractivity contribution >= 4 is 47.1 Å². The minimum atomic E-state index is -1.82. The Bertz CT molecular complexity index is 715. The van der Waals surface area contributed by atoms with Crippen LogP contribution in [-0.2, 0) is 21.9 Å². The first-order valence-corrected chi connectivity index (χ1v) is 12.4. The zero-order valence-corrected chi connectivity index (χ0v) is 19.5. The fourth-order valence-corrected chi connectivity index (χ4v) is 5.06. The summed E-state index contributed by atoms with van der Waals surface area (Å²) in [6, 6.07) is 8.21. The van der Waals surface area contributed by atoms with Gasteiger partial charge in [-0.2, -0.15) is 23.5 Å². The summed E-state index contributed by atoms with van der Waals surface area (Å²) in [5, 5.41) is 16.2. The lowest BCUT2D eigenvalue weighted by atomic mass is 10.2. The van der Waals surface area contributed by atoms with Gasteiger partial charge >= 0.3 is 11.9 Å². The summed E-state index contributed by atoms with van der Waals surface area (Å²) >= 11 is 10.1. The number of benzene rings is 1. The molecule has 1 aromatic carbocycles. The highest BCUT2D eigenvalue weighted by Crippen LogP contribution is 2.24. The van der Waals surface area contributed by atoms with Crippen LogP contribution in [0.2, 0.25) is 5.02 Å². The number of halogens is 1. The van der Waals surface area contributed by atoms with E-state index < -0.39 is 11.9 Å². The number of carboxylic acid groups (broad SMARTS) is 2. The van der Waals surface area contributed by atoms with Gasteiger partial charge in [0.15, 0.2) is 0 Å². The molecule has 166 valence electrons. The number of carbonyl (C=O) groups is 2. The molecular formula is C21H29ClN2O4S2. The van der Waals surface area contributed by atoms with E-state index in [1.165, 1.54) is 42.8 Å². The Labute approximate surface area is 191 Å². The van der Waals surface area contributed by atoms with Crippen LogP contribution in [0.1, 0.15) is 38.2 Å². The fourth-order valence-electron chi connectivity index (χ4n) is 2.42. The van der Waals surface area contributed by atoms with Gasteiger partial charge in [0, 0.05) is 40.7 Å². The summed E-state index contributed by atoms with van der Waals surface area (Å²) in [4.78, 5) is 22.4. The lowest BCUT2D eigenvalue weighted by molar-refractivity contribution is -0.159. The molecule has 0 amide bonds. The number of hydrogen-bond acceptors (Lipinski definition) is 5. The van der Waals surface area contributed by atoms with Crippen molar-refractivity contribution in [3.05, 3.63) is 53.6 Å². The summed E-state index contributed by atoms with van der Waals surface area (Å²) in [5.74, 6) is -0.137. The molecule has 0 saturated heterocycles. The highest BCUT2D eigenvalue weighted by Gasteiger charge is 2.11. The number of aromatic nitrogens is 2. The van der Waals surface area contributed by atoms with Crippen LogP contribution in [0, 0.1) is 0 Å². The van der Waals surface area contributed by atoms with Crippen LogP contribution >= 0.6 is 35.1 Å². The number of unbranched alkanes of at least 4 members (excludes halogenated alkanes) is 3. The molecule has 6 nitrogen and oxygen atoms in total. The van der Waals surface area contributed by atoms with Gasteiger partial charge in [-0.15, -0.1) is 0 Å². The van der Waals surface area contributed by atoms with Gasteiger partial charge in [-0.05, 0) is 29.9 Å². The zero-order valence-electron chi connectivity index (χ0n) is 17.1. The number of imidazole rings is 1. The van der Waals surface area contributed by atoms with Crippen molar-refractivity contribution in [2.45, 2.75) is 50.2 Å². The highest BCUT2D eigenvalue weighted by atomic mass is 35.5. The SMILES string of the molecule is CCCCCCSCC(Cn1ccnc1)SCc1ccc(Cl)cc1.O=C(O)C(=O)O. The highest BCUT2D eigenvalue weighted by molar-refractivity contribution is 8.03. The third-order valence-electron chi connectivity index (χ3n) is 4.00. The molecule has 1 atom stereocenters. The Balaban J connectivity index is 0.000000656. The van der Waals surface area contributed by atoms with Crippen LogP contribution in [0.15, 0.2) is 43.0 Å². The van der Waals surface area contributed by atoms with Crippen LogP contribution in [0.3, 0.4) is 0 Å². The second kappa shape index (κ2) is 16.1. The van der Waals surface area contributed by atoms with Crippen molar-refractivity contribution in [2.24, 2.45) is 0 Å². The molecule has 1 aromatic heterocycles. The lowest BCUT2D eigenvalue weighted by Gasteiger charge is -2.17. The van der Waals surface area contributed by atoms with E-state index in [2.05, 4.69) is 46.6 Å². The van der Waals surface area contributed by atoms with E-state index in [0.29, 0.717) is 5.25 Å². The lowest BCUT2D eigenvalue weighted by Crippen LogP contribution is -2.15. The van der Waals surface area contributed by atoms with Crippen molar-refractivity contribution in [1.29, 1.82) is 0 Å². The standard InChI is InChI=1S/C19H27ClN2S2.C2H2O4/c1-2-3-4-5-12-23-15-19(13-22-11-10-21-16-22)24-14-17-6-8-18(20)9-7-17;3-1(4)2(5)6/h6-11,16,19H,2-5,12-15H2,1H3;(H,3,4)(H,5,6). The Hall–Kier alpha value is -1.64. The number of thioether (sulfide) groups is 2. The first-order valence-electron chi connectivity index (χ1n) is 9.78. The number of rotatable bonds is 12. The molecule has 2 rings (SSSR count). The Kier molecular flexibility index (Phi) is 14.2. The normalized spacial score (nSPS) is 11.4. The molecule has 0 saturated carbocycles. The first kappa shape index (κ1) is 26.4. The third kappa shape index (κ3) is 12.8. The minimum absolute atomic E-state index is 0.603. The molecule has 1 unspecified atom stereocenters. The van der Waals surface area contributed by atoms with Gasteiger partial charge in [0.2, 0.25) is 0 Å². The molecule has 0 aliphatic rings. The zero-order chi connectivity index (χ0) is 22.2. The van der Waals surface area contributed by atoms with Crippen LogP contribution in [0.25, 0.3) is 0 Å². The third-order valence-corrected chi connectivity index (χ3v) is 6.97. The van der Waals surface area contributed by atoms with E-state index in [0.717, 1.165) is 17.3 Å². The maximum absolute atomic E-state index is 9.10. The maximum atomic E-state index is 9.10. The molecule has 0 aliphatic carbocycles. The summed E-state index contributed by atoms with van der Waals surface area (Å²) in [7, 11) is 0. The molecule has 0 radical (unpaired) electrons. The smallest absolute Gasteiger partial charge is 0.414 e. The minimum Gasteiger partial charge on any atom is -0.473 e. The summed E-state index contributed by atoms with van der Waals surface area (Å²) in [6.45, 7) is 3.29. The van der Waals surface area contributed by atoms with Crippen LogP contribution in [0.5, 0.6) is 0 Å². The van der Waals surface area contributed by atoms with Crippen molar-refractivity contribution < 1.29 is 19.8 Å². The predicted molar refractivity (Wildman–Crippen MR) is 126 cm³/mol. The number of nitrogens with zero attached hydrogens (tertiary/aromatic N) is 2. The van der Waals surface area contributed by atoms with Gasteiger partial charge in [0.1, 0.15) is 0 Å². The Morgan fingerprint density at radius 2 is 1.83 bits per heavy atom. The first-order chi connectivity index (χ1) is 14.4. The summed E-state index contributed by atoms with van der Waals surface area (Å²) < 4.78 is 2.19. The Morgan fingerprint density at radius 1 is 1.13 bits per heavy atom. The molecule has 0 bridgehead atoms. The molecule has 1 heterocycles. The maximum Gasteiger partial charge on any atom is 0.414 e. The van der Waals surface area contributed by atoms with E-state index in [4.69, 9.17) is 31.4 Å². The predicted octanol–water partition coefficient (Wildman–Crippen LogP) is 5.31. The molecule has 0 fully saturated rings. The largest absolute Gasteiger partial charge is 0.473 e. The van der Waals surface area contributed by atoms with Gasteiger partial charge in [0.05, 0.1) is 6.33 Å². The number of hydrogen-bond donors (Lipinski definition) is 2. The summed E-state index contributed by atoms with van der Waals surface area (Å²) in [6.07, 6.45) is 11.2. The molecule has 9 heteroatoms. The molecule has 2 N–H and O–H groups in total. The molecule has 0 spiro atoms. The molecule has 0 aliphatic heterocycles. The Morgan fingerprint density at radius 3 is 2.40 bits per heavy atom. The van der Waals surface area contributed by atoms with E-state index in [1.807, 2.05) is 36.4 Å². The van der Waals surface area contributed by atoms with Gasteiger partial charge in [-0.1, -0.05) is 49.9 Å². The quantitative estimate of drug-likeness (QED) is 0.319. The topological polar surface area (TPSA) is 92.4 Å². The molecular weight excluding hydrogens is 444 g/mol. The van der Waals surface area contributed by atoms with Crippen LogP contribution in [0.4, 0.5) is 0 Å². The van der Waals surface area contributed by atoms with E-state index in [1.54, 1.807) is 0 Å². The average Bonchev–Trinajstić information content (AvgIpc) is 3.23. The van der Waals surface area contributed by atoms with Crippen molar-refractivity contribution in [2.75, 3.05) is 11.5 Å². The fraction of sp³-hybridized carbons (Fsp3) is 0.476. The van der Waals surface area contributed by atoms with Crippen molar-refractivity contribution in [1.82, 2.24) is 9.55 Å². The second-order valence-electron chi connectivity index (χ2n) is 6.56. The number of carboxylic acids is 2. The van der Waals surface area contributed by atoms with Crippen LogP contribution < -0.4 is 0 Å².